The van der Waals surface area contributed by atoms with Crippen LogP contribution in [0.4, 0.5) is 0 Å². The topological polar surface area (TPSA) is 119 Å². The van der Waals surface area contributed by atoms with Crippen molar-refractivity contribution in [2.24, 2.45) is 10.9 Å². The van der Waals surface area contributed by atoms with Crippen molar-refractivity contribution in [1.82, 2.24) is 0 Å². The summed E-state index contributed by atoms with van der Waals surface area (Å²) in [6.07, 6.45) is -3.69. The molecule has 1 saturated heterocycles. The maximum Gasteiger partial charge on any atom is 0.227 e. The van der Waals surface area contributed by atoms with E-state index in [1.54, 1.807) is 14.2 Å². The van der Waals surface area contributed by atoms with Crippen LogP contribution in [0.1, 0.15) is 38.3 Å². The first kappa shape index (κ1) is 30.6. The van der Waals surface area contributed by atoms with Crippen LogP contribution < -0.4 is 14.2 Å². The molecule has 1 unspecified atom stereocenters. The highest BCUT2D eigenvalue weighted by Crippen LogP contribution is 2.38. The Kier molecular flexibility index (Phi) is 10.1. The smallest absolute Gasteiger partial charge is 0.227 e. The number of nitrogens with zero attached hydrogens (tertiary/aromatic N) is 1. The first-order valence-corrected chi connectivity index (χ1v) is 13.9. The number of aliphatic imine (C=N–C) groups is 1. The average Bonchev–Trinajstić information content (AvgIpc) is 2.98. The lowest BCUT2D eigenvalue weighted by molar-refractivity contribution is -0.201. The minimum atomic E-state index is -1.32. The third-order valence-electron chi connectivity index (χ3n) is 7.55. The van der Waals surface area contributed by atoms with Crippen LogP contribution in [0.3, 0.4) is 0 Å². The fourth-order valence-corrected chi connectivity index (χ4v) is 5.02. The van der Waals surface area contributed by atoms with Crippen LogP contribution in [0.5, 0.6) is 17.2 Å². The number of aliphatic hydroxyl groups excluding tert-OH is 3. The van der Waals surface area contributed by atoms with E-state index in [-0.39, 0.29) is 17.5 Å². The van der Waals surface area contributed by atoms with Gasteiger partial charge in [-0.3, -0.25) is 0 Å². The van der Waals surface area contributed by atoms with E-state index in [9.17, 15) is 15.3 Å². The zero-order valence-corrected chi connectivity index (χ0v) is 24.4. The second-order valence-electron chi connectivity index (χ2n) is 10.5. The van der Waals surface area contributed by atoms with Crippen molar-refractivity contribution < 1.29 is 39.0 Å². The van der Waals surface area contributed by atoms with E-state index in [1.807, 2.05) is 49.4 Å². The van der Waals surface area contributed by atoms with Crippen molar-refractivity contribution in [2.75, 3.05) is 27.4 Å². The predicted molar refractivity (Wildman–Crippen MR) is 156 cm³/mol. The molecule has 2 heterocycles. The van der Waals surface area contributed by atoms with Crippen LogP contribution in [0.25, 0.3) is 5.57 Å². The highest BCUT2D eigenvalue weighted by molar-refractivity contribution is 6.03. The summed E-state index contributed by atoms with van der Waals surface area (Å²) in [5.41, 5.74) is 3.95. The Balaban J connectivity index is 1.83. The van der Waals surface area contributed by atoms with Crippen molar-refractivity contribution in [2.45, 2.75) is 64.3 Å². The molecule has 41 heavy (non-hydrogen) atoms. The maximum absolute atomic E-state index is 10.6. The highest BCUT2D eigenvalue weighted by Gasteiger charge is 2.42. The lowest BCUT2D eigenvalue weighted by Gasteiger charge is -2.39. The molecule has 0 aliphatic carbocycles. The molecule has 0 radical (unpaired) electrons. The fraction of sp³-hybridized carbons (Fsp3) is 0.469. The van der Waals surface area contributed by atoms with E-state index in [2.05, 4.69) is 20.4 Å². The molecule has 9 nitrogen and oxygen atoms in total. The maximum atomic E-state index is 10.6. The second kappa shape index (κ2) is 13.5. The minimum Gasteiger partial charge on any atom is -0.497 e. The normalized spacial score (nSPS) is 24.8. The van der Waals surface area contributed by atoms with Gasteiger partial charge in [0.25, 0.3) is 0 Å². The standard InChI is InChI=1S/C32H41NO8/c1-7-39-27-15-23(38-6)13-10-21(27)14-25-24(20-8-11-22(37-5)12-9-20)16-26(18(2)3)33-31(25)41-32-19(4)29(35)30(36)28(17-34)40-32/h8-13,15,18,26,28-30,32,34-36H,4,7,14,16-17H2,1-3,5-6H3/t26?,28-,29-,30-,32+/m1/s1. The van der Waals surface area contributed by atoms with E-state index < -0.39 is 31.2 Å². The number of dihydropyridines is 1. The molecule has 3 N–H and O–H groups in total. The van der Waals surface area contributed by atoms with Crippen LogP contribution in [0.2, 0.25) is 0 Å². The third-order valence-corrected chi connectivity index (χ3v) is 7.55. The van der Waals surface area contributed by atoms with Gasteiger partial charge in [0.1, 0.15) is 35.6 Å². The van der Waals surface area contributed by atoms with Crippen molar-refractivity contribution in [3.63, 3.8) is 0 Å². The first-order chi connectivity index (χ1) is 19.7. The monoisotopic (exact) mass is 567 g/mol. The van der Waals surface area contributed by atoms with Crippen molar-refractivity contribution in [3.8, 4) is 17.2 Å². The van der Waals surface area contributed by atoms with Gasteiger partial charge in [-0.2, -0.15) is 0 Å². The Hall–Kier alpha value is -3.37. The number of benzene rings is 2. The fourth-order valence-electron chi connectivity index (χ4n) is 5.02. The van der Waals surface area contributed by atoms with Gasteiger partial charge in [-0.05, 0) is 54.2 Å². The number of aliphatic hydroxyl groups is 3. The zero-order chi connectivity index (χ0) is 29.7. The van der Waals surface area contributed by atoms with Crippen molar-refractivity contribution in [1.29, 1.82) is 0 Å². The largest absolute Gasteiger partial charge is 0.497 e. The first-order valence-electron chi connectivity index (χ1n) is 13.9. The molecule has 222 valence electrons. The lowest BCUT2D eigenvalue weighted by atomic mass is 9.85. The van der Waals surface area contributed by atoms with Gasteiger partial charge in [0.05, 0.1) is 33.5 Å². The van der Waals surface area contributed by atoms with Crippen molar-refractivity contribution in [3.05, 3.63) is 71.3 Å². The van der Waals surface area contributed by atoms with Crippen LogP contribution >= 0.6 is 0 Å². The van der Waals surface area contributed by atoms with Crippen LogP contribution in [0.15, 0.2) is 65.2 Å². The SMILES string of the molecule is C=C1[C@H](OC2=NC(C(C)C)CC(c3ccc(OC)cc3)=C2Cc2ccc(OC)cc2OCC)O[C@H](CO)[C@@H](O)[C@@H]1O. The summed E-state index contributed by atoms with van der Waals surface area (Å²) in [7, 11) is 3.25. The second-order valence-corrected chi connectivity index (χ2v) is 10.5. The molecule has 0 saturated carbocycles. The molecular weight excluding hydrogens is 526 g/mol. The van der Waals surface area contributed by atoms with Gasteiger partial charge in [0, 0.05) is 23.6 Å². The Morgan fingerprint density at radius 1 is 1.05 bits per heavy atom. The molecule has 0 aromatic heterocycles. The van der Waals surface area contributed by atoms with E-state index in [0.29, 0.717) is 36.8 Å². The number of hydrogen-bond acceptors (Lipinski definition) is 9. The highest BCUT2D eigenvalue weighted by atomic mass is 16.7. The Bertz CT molecular complexity index is 1270. The van der Waals surface area contributed by atoms with Gasteiger partial charge in [-0.25, -0.2) is 4.99 Å². The molecule has 2 aromatic rings. The molecule has 0 bridgehead atoms. The van der Waals surface area contributed by atoms with Gasteiger partial charge in [-0.15, -0.1) is 0 Å². The Morgan fingerprint density at radius 2 is 1.73 bits per heavy atom. The third kappa shape index (κ3) is 6.76. The summed E-state index contributed by atoms with van der Waals surface area (Å²) in [5, 5.41) is 30.7. The molecule has 5 atom stereocenters. The number of methoxy groups -OCH3 is 2. The molecule has 2 aliphatic rings. The Morgan fingerprint density at radius 3 is 2.34 bits per heavy atom. The number of hydrogen-bond donors (Lipinski definition) is 3. The van der Waals surface area contributed by atoms with Gasteiger partial charge in [-0.1, -0.05) is 38.6 Å². The molecule has 1 fully saturated rings. The number of rotatable bonds is 10. The summed E-state index contributed by atoms with van der Waals surface area (Å²) >= 11 is 0. The molecule has 2 aromatic carbocycles. The van der Waals surface area contributed by atoms with Crippen LogP contribution in [-0.4, -0.2) is 79.3 Å². The van der Waals surface area contributed by atoms with E-state index >= 15 is 0 Å². The van der Waals surface area contributed by atoms with Crippen molar-refractivity contribution >= 4 is 11.5 Å². The molecule has 9 heteroatoms. The zero-order valence-electron chi connectivity index (χ0n) is 24.4. The summed E-state index contributed by atoms with van der Waals surface area (Å²) < 4.78 is 29.1. The molecular formula is C32H41NO8. The molecule has 0 amide bonds. The van der Waals surface area contributed by atoms with Gasteiger partial charge in [0.15, 0.2) is 0 Å². The predicted octanol–water partition coefficient (Wildman–Crippen LogP) is 3.94. The van der Waals surface area contributed by atoms with Gasteiger partial charge < -0.3 is 39.0 Å². The summed E-state index contributed by atoms with van der Waals surface area (Å²) in [4.78, 5) is 5.02. The van der Waals surface area contributed by atoms with Gasteiger partial charge in [0.2, 0.25) is 12.2 Å². The van der Waals surface area contributed by atoms with Crippen LogP contribution in [0, 0.1) is 5.92 Å². The van der Waals surface area contributed by atoms with Crippen LogP contribution in [-0.2, 0) is 15.9 Å². The summed E-state index contributed by atoms with van der Waals surface area (Å²) in [5.74, 6) is 2.68. The van der Waals surface area contributed by atoms with E-state index in [4.69, 9.17) is 28.7 Å². The summed E-state index contributed by atoms with van der Waals surface area (Å²) in [6, 6.07) is 13.5. The van der Waals surface area contributed by atoms with Gasteiger partial charge >= 0.3 is 0 Å². The molecule has 2 aliphatic heterocycles. The average molecular weight is 568 g/mol. The number of ether oxygens (including phenoxy) is 5. The quantitative estimate of drug-likeness (QED) is 0.370. The lowest BCUT2D eigenvalue weighted by Crippen LogP contribution is -2.52. The minimum absolute atomic E-state index is 0.0888. The summed E-state index contributed by atoms with van der Waals surface area (Å²) in [6.45, 7) is 10.1. The molecule has 4 rings (SSSR count). The van der Waals surface area contributed by atoms with E-state index in [0.717, 1.165) is 28.0 Å². The van der Waals surface area contributed by atoms with E-state index in [1.165, 1.54) is 0 Å². The molecule has 0 spiro atoms. The Labute approximate surface area is 241 Å².